The average Bonchev–Trinajstić information content (AvgIpc) is 3.12. The lowest BCUT2D eigenvalue weighted by molar-refractivity contribution is -0.870. The number of hydrogen-bond acceptors (Lipinski definition) is 9. The van der Waals surface area contributed by atoms with E-state index >= 15 is 0 Å². The molecule has 1 N–H and O–H groups in total. The number of likely N-dealkylation sites (N-methyl/N-ethyl adjacent to an activating group) is 1. The van der Waals surface area contributed by atoms with Gasteiger partial charge in [0.2, 0.25) is 0 Å². The summed E-state index contributed by atoms with van der Waals surface area (Å²) in [5.41, 5.74) is 0. The number of ether oxygens (including phenoxy) is 2. The van der Waals surface area contributed by atoms with E-state index in [0.717, 1.165) is 44.9 Å². The Labute approximate surface area is 335 Å². The number of carbonyl (C=O) groups excluding carboxylic acids is 2. The van der Waals surface area contributed by atoms with Gasteiger partial charge in [-0.15, -0.1) is 0 Å². The number of aliphatic hydroxyl groups is 1. The molecule has 0 saturated heterocycles. The van der Waals surface area contributed by atoms with Gasteiger partial charge in [0.1, 0.15) is 19.8 Å². The van der Waals surface area contributed by atoms with Crippen molar-refractivity contribution in [1.29, 1.82) is 0 Å². The zero-order chi connectivity index (χ0) is 40.9. The number of rotatable bonds is 37. The van der Waals surface area contributed by atoms with Crippen molar-refractivity contribution >= 4 is 19.8 Å². The van der Waals surface area contributed by atoms with E-state index in [1.54, 1.807) is 12.2 Å². The molecule has 0 aliphatic rings. The van der Waals surface area contributed by atoms with Gasteiger partial charge in [0.15, 0.2) is 6.10 Å². The van der Waals surface area contributed by atoms with Crippen LogP contribution in [-0.4, -0.2) is 81.2 Å². The second-order valence-corrected chi connectivity index (χ2v) is 16.6. The van der Waals surface area contributed by atoms with Crippen LogP contribution < -0.4 is 4.89 Å². The van der Waals surface area contributed by atoms with Crippen LogP contribution in [0, 0.1) is 0 Å². The minimum atomic E-state index is -4.68. The molecule has 0 aromatic carbocycles. The molecule has 0 aliphatic carbocycles. The predicted octanol–water partition coefficient (Wildman–Crippen LogP) is 10.0. The lowest BCUT2D eigenvalue weighted by atomic mass is 10.0. The summed E-state index contributed by atoms with van der Waals surface area (Å²) in [6, 6.07) is 0. The van der Waals surface area contributed by atoms with E-state index in [0.29, 0.717) is 30.3 Å². The van der Waals surface area contributed by atoms with Crippen molar-refractivity contribution in [2.45, 2.75) is 161 Å². The van der Waals surface area contributed by atoms with Crippen molar-refractivity contribution in [3.05, 3.63) is 60.8 Å². The minimum Gasteiger partial charge on any atom is -0.756 e. The second kappa shape index (κ2) is 36.0. The van der Waals surface area contributed by atoms with Crippen molar-refractivity contribution < 1.29 is 47.2 Å². The smallest absolute Gasteiger partial charge is 0.306 e. The molecule has 0 spiro atoms. The Bertz CT molecular complexity index is 1140. The van der Waals surface area contributed by atoms with Crippen molar-refractivity contribution in [2.75, 3.05) is 47.5 Å². The second-order valence-electron chi connectivity index (χ2n) is 15.2. The number of quaternary nitrogens is 1. The highest BCUT2D eigenvalue weighted by Crippen LogP contribution is 2.38. The molecule has 0 aliphatic heterocycles. The molecule has 55 heavy (non-hydrogen) atoms. The lowest BCUT2D eigenvalue weighted by Gasteiger charge is -2.28. The average molecular weight is 796 g/mol. The summed E-state index contributed by atoms with van der Waals surface area (Å²) in [5, 5.41) is 10.3. The Balaban J connectivity index is 4.61. The van der Waals surface area contributed by atoms with Gasteiger partial charge in [-0.25, -0.2) is 0 Å². The lowest BCUT2D eigenvalue weighted by Crippen LogP contribution is -2.37. The van der Waals surface area contributed by atoms with Crippen LogP contribution >= 0.6 is 7.82 Å². The quantitative estimate of drug-likeness (QED) is 0.0163. The summed E-state index contributed by atoms with van der Waals surface area (Å²) in [6.45, 7) is 3.86. The first kappa shape index (κ1) is 52.7. The number of esters is 2. The van der Waals surface area contributed by atoms with Crippen molar-refractivity contribution in [1.82, 2.24) is 0 Å². The van der Waals surface area contributed by atoms with Gasteiger partial charge < -0.3 is 33.0 Å². The van der Waals surface area contributed by atoms with Gasteiger partial charge in [-0.3, -0.25) is 14.2 Å². The summed E-state index contributed by atoms with van der Waals surface area (Å²) < 4.78 is 33.7. The molecule has 0 aromatic rings. The molecule has 10 nitrogen and oxygen atoms in total. The number of phosphoric ester groups is 1. The van der Waals surface area contributed by atoms with Crippen LogP contribution in [0.25, 0.3) is 0 Å². The van der Waals surface area contributed by atoms with Crippen molar-refractivity contribution in [3.63, 3.8) is 0 Å². The molecule has 3 atom stereocenters. The fourth-order valence-electron chi connectivity index (χ4n) is 5.33. The van der Waals surface area contributed by atoms with Crippen LogP contribution in [0.2, 0.25) is 0 Å². The van der Waals surface area contributed by atoms with E-state index in [2.05, 4.69) is 50.3 Å². The van der Waals surface area contributed by atoms with Gasteiger partial charge in [-0.1, -0.05) is 152 Å². The molecule has 0 amide bonds. The van der Waals surface area contributed by atoms with Gasteiger partial charge in [0.25, 0.3) is 7.82 Å². The van der Waals surface area contributed by atoms with E-state index in [-0.39, 0.29) is 26.1 Å². The monoisotopic (exact) mass is 796 g/mol. The molecule has 0 rings (SSSR count). The number of phosphoric acid groups is 1. The van der Waals surface area contributed by atoms with Gasteiger partial charge in [0.05, 0.1) is 33.9 Å². The molecule has 0 radical (unpaired) electrons. The number of hydrogen-bond donors (Lipinski definition) is 1. The number of carbonyl (C=O) groups is 2. The molecule has 0 aromatic heterocycles. The SMILES string of the molecule is CC/C=C\C/C=C\C/C=C\C/C=C\C=C\C(O)CCCC(=O)O[C@H](COC(=O)CCCCCCCCCCCCCCC)COP(=O)([O-])OCC[N+](C)(C)C. The number of unbranched alkanes of at least 4 members (excludes halogenated alkanes) is 12. The van der Waals surface area contributed by atoms with E-state index in [1.165, 1.54) is 57.8 Å². The van der Waals surface area contributed by atoms with Gasteiger partial charge in [-0.2, -0.15) is 0 Å². The molecular formula is C44H78NO9P. The Hall–Kier alpha value is -2.33. The third kappa shape index (κ3) is 39.7. The molecule has 11 heteroatoms. The summed E-state index contributed by atoms with van der Waals surface area (Å²) in [6.07, 6.45) is 38.5. The largest absolute Gasteiger partial charge is 0.756 e. The van der Waals surface area contributed by atoms with E-state index in [4.69, 9.17) is 18.5 Å². The fraction of sp³-hybridized carbons (Fsp3) is 0.727. The Kier molecular flexibility index (Phi) is 34.5. The maximum Gasteiger partial charge on any atom is 0.306 e. The third-order valence-corrected chi connectivity index (χ3v) is 9.62. The third-order valence-electron chi connectivity index (χ3n) is 8.66. The first-order valence-electron chi connectivity index (χ1n) is 21.1. The molecule has 0 fully saturated rings. The molecule has 0 bridgehead atoms. The number of nitrogens with zero attached hydrogens (tertiary/aromatic N) is 1. The van der Waals surface area contributed by atoms with Crippen molar-refractivity contribution in [3.8, 4) is 0 Å². The van der Waals surface area contributed by atoms with Gasteiger partial charge in [-0.05, 0) is 44.9 Å². The summed E-state index contributed by atoms with van der Waals surface area (Å²) in [7, 11) is 1.04. The molecule has 318 valence electrons. The first-order valence-corrected chi connectivity index (χ1v) is 22.6. The highest BCUT2D eigenvalue weighted by Gasteiger charge is 2.22. The maximum absolute atomic E-state index is 12.7. The Morgan fingerprint density at radius 3 is 1.76 bits per heavy atom. The van der Waals surface area contributed by atoms with Gasteiger partial charge >= 0.3 is 11.9 Å². The zero-order valence-electron chi connectivity index (χ0n) is 35.2. The molecule has 0 saturated carbocycles. The van der Waals surface area contributed by atoms with Gasteiger partial charge in [0, 0.05) is 12.8 Å². The Morgan fingerprint density at radius 1 is 0.673 bits per heavy atom. The fourth-order valence-corrected chi connectivity index (χ4v) is 6.06. The summed E-state index contributed by atoms with van der Waals surface area (Å²) in [5.74, 6) is -1.04. The van der Waals surface area contributed by atoms with Crippen LogP contribution in [-0.2, 0) is 32.7 Å². The predicted molar refractivity (Wildman–Crippen MR) is 223 cm³/mol. The molecule has 2 unspecified atom stereocenters. The maximum atomic E-state index is 12.7. The first-order chi connectivity index (χ1) is 26.4. The van der Waals surface area contributed by atoms with Crippen LogP contribution in [0.4, 0.5) is 0 Å². The number of allylic oxidation sites excluding steroid dienone is 9. The molecular weight excluding hydrogens is 717 g/mol. The topological polar surface area (TPSA) is 131 Å². The highest BCUT2D eigenvalue weighted by molar-refractivity contribution is 7.45. The van der Waals surface area contributed by atoms with Crippen molar-refractivity contribution in [2.24, 2.45) is 0 Å². The van der Waals surface area contributed by atoms with Crippen LogP contribution in [0.1, 0.15) is 149 Å². The standard InChI is InChI=1S/C44H78NO9P/c1-6-8-10-12-14-16-18-20-22-24-26-28-30-33-41(46)34-32-36-44(48)54-42(40-53-55(49,50)52-38-37-45(3,4)5)39-51-43(47)35-31-29-27-25-23-21-19-17-15-13-11-9-7-2/h8,10,14,16,20,22,26,28,30,33,41-42,46H,6-7,9,11-13,15,17-19,21,23-25,27,29,31-32,34-40H2,1-5H3/b10-8-,16-14-,22-20-,28-26-,33-30+/t41?,42-/m1/s1. The van der Waals surface area contributed by atoms with E-state index < -0.39 is 38.6 Å². The van der Waals surface area contributed by atoms with E-state index in [1.807, 2.05) is 33.3 Å². The molecule has 0 heterocycles. The normalized spacial score (nSPS) is 14.8. The van der Waals surface area contributed by atoms with Crippen LogP contribution in [0.3, 0.4) is 0 Å². The minimum absolute atomic E-state index is 0.00663. The van der Waals surface area contributed by atoms with E-state index in [9.17, 15) is 24.2 Å². The highest BCUT2D eigenvalue weighted by atomic mass is 31.2. The van der Waals surface area contributed by atoms with Crippen LogP contribution in [0.5, 0.6) is 0 Å². The zero-order valence-corrected chi connectivity index (χ0v) is 36.1. The van der Waals surface area contributed by atoms with Crippen LogP contribution in [0.15, 0.2) is 60.8 Å². The summed E-state index contributed by atoms with van der Waals surface area (Å²) in [4.78, 5) is 37.5. The Morgan fingerprint density at radius 2 is 1.20 bits per heavy atom. The number of aliphatic hydroxyl groups excluding tert-OH is 1. The summed E-state index contributed by atoms with van der Waals surface area (Å²) >= 11 is 0.